The van der Waals surface area contributed by atoms with Crippen LogP contribution in [0.25, 0.3) is 22.4 Å². The third kappa shape index (κ3) is 4.71. The second-order valence-corrected chi connectivity index (χ2v) is 7.44. The van der Waals surface area contributed by atoms with Crippen molar-refractivity contribution in [2.45, 2.75) is 6.61 Å². The molecule has 0 aliphatic heterocycles. The zero-order valence-electron chi connectivity index (χ0n) is 17.0. The first kappa shape index (κ1) is 20.5. The molecule has 152 valence electrons. The van der Waals surface area contributed by atoms with Crippen LogP contribution in [0.2, 0.25) is 5.02 Å². The molecule has 0 saturated carbocycles. The Morgan fingerprint density at radius 3 is 2.45 bits per heavy atom. The number of nitrogens with zero attached hydrogens (tertiary/aromatic N) is 1. The second kappa shape index (κ2) is 9.38. The van der Waals surface area contributed by atoms with Gasteiger partial charge in [0.15, 0.2) is 11.5 Å². The molecule has 0 amide bonds. The molecule has 0 spiro atoms. The second-order valence-electron chi connectivity index (χ2n) is 7.03. The number of allylic oxidation sites excluding steroid dienone is 1. The fraction of sp³-hybridized carbons (Fsp3) is 0.0741. The molecule has 0 heterocycles. The van der Waals surface area contributed by atoms with Crippen LogP contribution in [0.4, 0.5) is 0 Å². The van der Waals surface area contributed by atoms with Gasteiger partial charge in [0, 0.05) is 10.6 Å². The zero-order valence-corrected chi connectivity index (χ0v) is 17.8. The molecule has 0 saturated heterocycles. The fourth-order valence-electron chi connectivity index (χ4n) is 3.40. The third-order valence-electron chi connectivity index (χ3n) is 4.99. The monoisotopic (exact) mass is 425 g/mol. The number of rotatable bonds is 6. The quantitative estimate of drug-likeness (QED) is 0.243. The van der Waals surface area contributed by atoms with E-state index in [-0.39, 0.29) is 0 Å². The van der Waals surface area contributed by atoms with Crippen molar-refractivity contribution in [1.82, 2.24) is 0 Å². The van der Waals surface area contributed by atoms with Gasteiger partial charge in [-0.1, -0.05) is 72.3 Å². The molecular weight excluding hydrogens is 406 g/mol. The molecular formula is C27H20ClNO2. The first-order valence-corrected chi connectivity index (χ1v) is 10.2. The summed E-state index contributed by atoms with van der Waals surface area (Å²) < 4.78 is 11.5. The SMILES string of the molecule is COc1cc(C=C(C#N)c2ccccc2Cl)ccc1OCc1ccc2ccccc2c1. The number of methoxy groups -OCH3 is 1. The van der Waals surface area contributed by atoms with Gasteiger partial charge in [-0.15, -0.1) is 0 Å². The molecule has 0 radical (unpaired) electrons. The summed E-state index contributed by atoms with van der Waals surface area (Å²) in [5, 5.41) is 12.5. The van der Waals surface area contributed by atoms with Crippen molar-refractivity contribution in [2.75, 3.05) is 7.11 Å². The minimum absolute atomic E-state index is 0.430. The Balaban J connectivity index is 1.56. The first-order chi connectivity index (χ1) is 15.2. The maximum Gasteiger partial charge on any atom is 0.161 e. The number of hydrogen-bond donors (Lipinski definition) is 0. The van der Waals surface area contributed by atoms with E-state index in [1.807, 2.05) is 48.5 Å². The van der Waals surface area contributed by atoms with Gasteiger partial charge in [0.25, 0.3) is 0 Å². The standard InChI is InChI=1S/C27H20ClNO2/c1-30-27-16-19(14-23(17-29)24-8-4-5-9-25(24)28)11-13-26(27)31-18-20-10-12-21-6-2-3-7-22(21)15-20/h2-16H,18H2,1H3. The smallest absolute Gasteiger partial charge is 0.161 e. The number of halogens is 1. The van der Waals surface area contributed by atoms with E-state index < -0.39 is 0 Å². The minimum Gasteiger partial charge on any atom is -0.493 e. The number of benzene rings is 4. The minimum atomic E-state index is 0.430. The lowest BCUT2D eigenvalue weighted by Crippen LogP contribution is -1.98. The van der Waals surface area contributed by atoms with E-state index in [0.29, 0.717) is 34.3 Å². The molecule has 4 heteroatoms. The Morgan fingerprint density at radius 2 is 1.68 bits per heavy atom. The summed E-state index contributed by atoms with van der Waals surface area (Å²) in [7, 11) is 1.60. The van der Waals surface area contributed by atoms with E-state index in [9.17, 15) is 5.26 Å². The highest BCUT2D eigenvalue weighted by Gasteiger charge is 2.09. The molecule has 4 aromatic carbocycles. The normalized spacial score (nSPS) is 11.2. The highest BCUT2D eigenvalue weighted by Crippen LogP contribution is 2.31. The van der Waals surface area contributed by atoms with Crippen molar-refractivity contribution in [3.05, 3.63) is 107 Å². The van der Waals surface area contributed by atoms with Gasteiger partial charge in [0.1, 0.15) is 6.61 Å². The molecule has 0 aromatic heterocycles. The van der Waals surface area contributed by atoms with E-state index >= 15 is 0 Å². The molecule has 3 nitrogen and oxygen atoms in total. The third-order valence-corrected chi connectivity index (χ3v) is 5.32. The van der Waals surface area contributed by atoms with E-state index in [1.165, 1.54) is 10.8 Å². The van der Waals surface area contributed by atoms with Crippen LogP contribution in [-0.4, -0.2) is 7.11 Å². The number of hydrogen-bond acceptors (Lipinski definition) is 3. The summed E-state index contributed by atoms with van der Waals surface area (Å²) in [5.41, 5.74) is 3.08. The van der Waals surface area contributed by atoms with Crippen molar-refractivity contribution in [1.29, 1.82) is 5.26 Å². The summed E-state index contributed by atoms with van der Waals surface area (Å²) in [6.07, 6.45) is 1.79. The van der Waals surface area contributed by atoms with Crippen LogP contribution in [0, 0.1) is 11.3 Å². The van der Waals surface area contributed by atoms with Gasteiger partial charge in [0.2, 0.25) is 0 Å². The Morgan fingerprint density at radius 1 is 0.903 bits per heavy atom. The number of nitriles is 1. The van der Waals surface area contributed by atoms with Gasteiger partial charge in [-0.2, -0.15) is 5.26 Å². The van der Waals surface area contributed by atoms with Crippen molar-refractivity contribution in [3.8, 4) is 17.6 Å². The van der Waals surface area contributed by atoms with Gasteiger partial charge < -0.3 is 9.47 Å². The van der Waals surface area contributed by atoms with E-state index in [2.05, 4.69) is 36.4 Å². The van der Waals surface area contributed by atoms with Crippen molar-refractivity contribution >= 4 is 34.0 Å². The topological polar surface area (TPSA) is 42.2 Å². The van der Waals surface area contributed by atoms with Crippen LogP contribution in [0.5, 0.6) is 11.5 Å². The Hall–Kier alpha value is -3.74. The summed E-state index contributed by atoms with van der Waals surface area (Å²) in [6, 6.07) is 29.6. The van der Waals surface area contributed by atoms with Crippen LogP contribution in [0.3, 0.4) is 0 Å². The molecule has 0 aliphatic carbocycles. The molecule has 0 bridgehead atoms. The lowest BCUT2D eigenvalue weighted by molar-refractivity contribution is 0.284. The van der Waals surface area contributed by atoms with Gasteiger partial charge >= 0.3 is 0 Å². The van der Waals surface area contributed by atoms with Gasteiger partial charge in [-0.05, 0) is 52.2 Å². The molecule has 0 atom stereocenters. The van der Waals surface area contributed by atoms with Gasteiger partial charge in [-0.3, -0.25) is 0 Å². The summed E-state index contributed by atoms with van der Waals surface area (Å²) in [4.78, 5) is 0. The maximum absolute atomic E-state index is 9.60. The first-order valence-electron chi connectivity index (χ1n) is 9.83. The van der Waals surface area contributed by atoms with Crippen molar-refractivity contribution < 1.29 is 9.47 Å². The average Bonchev–Trinajstić information content (AvgIpc) is 2.82. The van der Waals surface area contributed by atoms with Crippen LogP contribution < -0.4 is 9.47 Å². The Labute approximate surface area is 186 Å². The molecule has 0 fully saturated rings. The van der Waals surface area contributed by atoms with E-state index in [1.54, 1.807) is 19.3 Å². The molecule has 0 aliphatic rings. The Kier molecular flexibility index (Phi) is 6.21. The largest absolute Gasteiger partial charge is 0.493 e. The van der Waals surface area contributed by atoms with Crippen LogP contribution in [-0.2, 0) is 6.61 Å². The average molecular weight is 426 g/mol. The zero-order chi connectivity index (χ0) is 21.6. The predicted molar refractivity (Wildman–Crippen MR) is 126 cm³/mol. The van der Waals surface area contributed by atoms with Gasteiger partial charge in [-0.25, -0.2) is 0 Å². The van der Waals surface area contributed by atoms with Crippen LogP contribution in [0.1, 0.15) is 16.7 Å². The van der Waals surface area contributed by atoms with Crippen LogP contribution in [0.15, 0.2) is 84.9 Å². The number of fused-ring (bicyclic) bond motifs is 1. The Bertz CT molecular complexity index is 1300. The lowest BCUT2D eigenvalue weighted by Gasteiger charge is -2.12. The van der Waals surface area contributed by atoms with Gasteiger partial charge in [0.05, 0.1) is 18.8 Å². The molecule has 4 rings (SSSR count). The summed E-state index contributed by atoms with van der Waals surface area (Å²) in [5.74, 6) is 1.25. The van der Waals surface area contributed by atoms with Crippen LogP contribution >= 0.6 is 11.6 Å². The number of ether oxygens (including phenoxy) is 2. The van der Waals surface area contributed by atoms with E-state index in [0.717, 1.165) is 11.1 Å². The maximum atomic E-state index is 9.60. The lowest BCUT2D eigenvalue weighted by atomic mass is 10.0. The summed E-state index contributed by atoms with van der Waals surface area (Å²) in [6.45, 7) is 0.430. The highest BCUT2D eigenvalue weighted by atomic mass is 35.5. The van der Waals surface area contributed by atoms with E-state index in [4.69, 9.17) is 21.1 Å². The highest BCUT2D eigenvalue weighted by molar-refractivity contribution is 6.32. The molecule has 0 N–H and O–H groups in total. The predicted octanol–water partition coefficient (Wildman–Crippen LogP) is 7.14. The fourth-order valence-corrected chi connectivity index (χ4v) is 3.64. The molecule has 0 unspecified atom stereocenters. The summed E-state index contributed by atoms with van der Waals surface area (Å²) >= 11 is 6.25. The van der Waals surface area contributed by atoms with Crippen molar-refractivity contribution in [2.24, 2.45) is 0 Å². The molecule has 31 heavy (non-hydrogen) atoms. The van der Waals surface area contributed by atoms with Crippen molar-refractivity contribution in [3.63, 3.8) is 0 Å². The molecule has 4 aromatic rings.